The number of carbonyl (C=O) groups is 2. The smallest absolute Gasteiger partial charge is 0.255 e. The third-order valence-corrected chi connectivity index (χ3v) is 2.76. The summed E-state index contributed by atoms with van der Waals surface area (Å²) in [7, 11) is 1.73. The van der Waals surface area contributed by atoms with Gasteiger partial charge >= 0.3 is 0 Å². The third-order valence-electron chi connectivity index (χ3n) is 2.76. The summed E-state index contributed by atoms with van der Waals surface area (Å²) in [6.45, 7) is 6.27. The molecular formula is C14H22N4O2. The van der Waals surface area contributed by atoms with Crippen molar-refractivity contribution in [3.8, 4) is 0 Å². The number of hydrogen-bond acceptors (Lipinski definition) is 4. The molecule has 110 valence electrons. The van der Waals surface area contributed by atoms with E-state index in [1.54, 1.807) is 26.2 Å². The van der Waals surface area contributed by atoms with E-state index in [-0.39, 0.29) is 11.8 Å². The highest BCUT2D eigenvalue weighted by Gasteiger charge is 2.18. The number of hydrogen-bond donors (Lipinski definition) is 3. The van der Waals surface area contributed by atoms with Gasteiger partial charge in [0.05, 0.1) is 5.56 Å². The molecule has 2 amide bonds. The molecule has 1 rings (SSSR count). The predicted molar refractivity (Wildman–Crippen MR) is 78.6 cm³/mol. The highest BCUT2D eigenvalue weighted by Crippen LogP contribution is 2.12. The first-order chi connectivity index (χ1) is 9.45. The van der Waals surface area contributed by atoms with E-state index in [0.29, 0.717) is 23.7 Å². The number of nitrogens with zero attached hydrogens (tertiary/aromatic N) is 1. The zero-order chi connectivity index (χ0) is 15.1. The van der Waals surface area contributed by atoms with Gasteiger partial charge in [-0.1, -0.05) is 13.8 Å². The van der Waals surface area contributed by atoms with Crippen molar-refractivity contribution in [2.75, 3.05) is 18.9 Å². The average Bonchev–Trinajstić information content (AvgIpc) is 2.44. The molecule has 0 radical (unpaired) electrons. The van der Waals surface area contributed by atoms with Gasteiger partial charge in [-0.15, -0.1) is 0 Å². The van der Waals surface area contributed by atoms with Crippen LogP contribution in [0, 0.1) is 5.92 Å². The maximum absolute atomic E-state index is 12.1. The van der Waals surface area contributed by atoms with E-state index in [9.17, 15) is 9.59 Å². The van der Waals surface area contributed by atoms with Crippen LogP contribution in [0.2, 0.25) is 0 Å². The number of amides is 2. The molecule has 0 fully saturated rings. The van der Waals surface area contributed by atoms with Gasteiger partial charge in [0.2, 0.25) is 5.91 Å². The summed E-state index contributed by atoms with van der Waals surface area (Å²) >= 11 is 0. The lowest BCUT2D eigenvalue weighted by atomic mass is 10.2. The van der Waals surface area contributed by atoms with E-state index in [2.05, 4.69) is 20.9 Å². The van der Waals surface area contributed by atoms with Gasteiger partial charge < -0.3 is 16.0 Å². The van der Waals surface area contributed by atoms with Gasteiger partial charge in [0, 0.05) is 31.7 Å². The van der Waals surface area contributed by atoms with Gasteiger partial charge in [0.25, 0.3) is 5.91 Å². The summed E-state index contributed by atoms with van der Waals surface area (Å²) in [5.41, 5.74) is 1.09. The maximum Gasteiger partial charge on any atom is 0.255 e. The van der Waals surface area contributed by atoms with Crippen LogP contribution in [-0.4, -0.2) is 36.4 Å². The van der Waals surface area contributed by atoms with Gasteiger partial charge in [0.15, 0.2) is 0 Å². The number of aromatic nitrogens is 1. The molecule has 0 aromatic carbocycles. The van der Waals surface area contributed by atoms with Crippen LogP contribution < -0.4 is 16.0 Å². The van der Waals surface area contributed by atoms with Crippen molar-refractivity contribution in [2.45, 2.75) is 26.8 Å². The van der Waals surface area contributed by atoms with E-state index >= 15 is 0 Å². The van der Waals surface area contributed by atoms with Crippen LogP contribution in [0.5, 0.6) is 0 Å². The minimum atomic E-state index is -0.592. The lowest BCUT2D eigenvalue weighted by Gasteiger charge is -2.16. The first-order valence-electron chi connectivity index (χ1n) is 6.66. The van der Waals surface area contributed by atoms with E-state index < -0.39 is 6.04 Å². The second-order valence-corrected chi connectivity index (χ2v) is 5.01. The second-order valence-electron chi connectivity index (χ2n) is 5.01. The van der Waals surface area contributed by atoms with Crippen molar-refractivity contribution in [1.29, 1.82) is 0 Å². The molecular weight excluding hydrogens is 256 g/mol. The zero-order valence-electron chi connectivity index (χ0n) is 12.4. The van der Waals surface area contributed by atoms with Crippen LogP contribution in [0.25, 0.3) is 0 Å². The molecule has 1 aromatic heterocycles. The molecule has 0 saturated carbocycles. The predicted octanol–water partition coefficient (Wildman–Crippen LogP) is 1.01. The molecule has 0 spiro atoms. The van der Waals surface area contributed by atoms with Crippen molar-refractivity contribution >= 4 is 17.5 Å². The van der Waals surface area contributed by atoms with Crippen LogP contribution in [0.3, 0.4) is 0 Å². The number of nitrogens with one attached hydrogen (secondary N) is 3. The topological polar surface area (TPSA) is 83.1 Å². The highest BCUT2D eigenvalue weighted by molar-refractivity contribution is 6.01. The van der Waals surface area contributed by atoms with Crippen LogP contribution >= 0.6 is 0 Å². The van der Waals surface area contributed by atoms with E-state index in [4.69, 9.17) is 0 Å². The summed E-state index contributed by atoms with van der Waals surface area (Å²) in [5.74, 6) is -0.146. The molecule has 0 aliphatic rings. The summed E-state index contributed by atoms with van der Waals surface area (Å²) in [6, 6.07) is 1.12. The Morgan fingerprint density at radius 2 is 2.00 bits per heavy atom. The van der Waals surface area contributed by atoms with Crippen molar-refractivity contribution < 1.29 is 9.59 Å². The molecule has 1 aromatic rings. The second kappa shape index (κ2) is 7.47. The standard InChI is InChI=1S/C14H22N4O2/c1-9(2)7-17-13(19)10(3)18-14(20)11-8-16-6-5-12(11)15-4/h5-6,8-10H,7H2,1-4H3,(H,15,16)(H,17,19)(H,18,20). The molecule has 1 heterocycles. The van der Waals surface area contributed by atoms with Gasteiger partial charge in [-0.2, -0.15) is 0 Å². The van der Waals surface area contributed by atoms with Gasteiger partial charge in [-0.3, -0.25) is 14.6 Å². The summed E-state index contributed by atoms with van der Waals surface area (Å²) < 4.78 is 0. The summed E-state index contributed by atoms with van der Waals surface area (Å²) in [4.78, 5) is 27.8. The van der Waals surface area contributed by atoms with Crippen molar-refractivity contribution in [3.05, 3.63) is 24.0 Å². The zero-order valence-corrected chi connectivity index (χ0v) is 12.4. The molecule has 0 aliphatic carbocycles. The Balaban J connectivity index is 2.63. The maximum atomic E-state index is 12.1. The molecule has 0 aliphatic heterocycles. The van der Waals surface area contributed by atoms with E-state index in [0.717, 1.165) is 0 Å². The number of rotatable bonds is 6. The van der Waals surface area contributed by atoms with Gasteiger partial charge in [-0.05, 0) is 18.9 Å². The highest BCUT2D eigenvalue weighted by atomic mass is 16.2. The lowest BCUT2D eigenvalue weighted by molar-refractivity contribution is -0.122. The first-order valence-corrected chi connectivity index (χ1v) is 6.66. The summed E-state index contributed by atoms with van der Waals surface area (Å²) in [5, 5.41) is 8.36. The molecule has 3 N–H and O–H groups in total. The van der Waals surface area contributed by atoms with Crippen molar-refractivity contribution in [1.82, 2.24) is 15.6 Å². The molecule has 1 unspecified atom stereocenters. The fourth-order valence-corrected chi connectivity index (χ4v) is 1.59. The first kappa shape index (κ1) is 15.9. The third kappa shape index (κ3) is 4.53. The fraction of sp³-hybridized carbons (Fsp3) is 0.500. The monoisotopic (exact) mass is 278 g/mol. The van der Waals surface area contributed by atoms with E-state index in [1.165, 1.54) is 6.20 Å². The fourth-order valence-electron chi connectivity index (χ4n) is 1.59. The Kier molecular flexibility index (Phi) is 5.96. The molecule has 0 saturated heterocycles. The number of pyridine rings is 1. The molecule has 1 atom stereocenters. The Bertz CT molecular complexity index is 474. The molecule has 6 heteroatoms. The van der Waals surface area contributed by atoms with Crippen LogP contribution in [0.1, 0.15) is 31.1 Å². The summed E-state index contributed by atoms with van der Waals surface area (Å²) in [6.07, 6.45) is 3.07. The number of carbonyl (C=O) groups excluding carboxylic acids is 2. The van der Waals surface area contributed by atoms with Crippen LogP contribution in [0.15, 0.2) is 18.5 Å². The normalized spacial score (nSPS) is 11.8. The largest absolute Gasteiger partial charge is 0.387 e. The average molecular weight is 278 g/mol. The SMILES string of the molecule is CNc1ccncc1C(=O)NC(C)C(=O)NCC(C)C. The Hall–Kier alpha value is -2.11. The minimum absolute atomic E-state index is 0.193. The lowest BCUT2D eigenvalue weighted by Crippen LogP contribution is -2.45. The number of anilines is 1. The van der Waals surface area contributed by atoms with Crippen molar-refractivity contribution in [2.24, 2.45) is 5.92 Å². The Morgan fingerprint density at radius 3 is 2.60 bits per heavy atom. The Labute approximate surface area is 119 Å². The van der Waals surface area contributed by atoms with Crippen molar-refractivity contribution in [3.63, 3.8) is 0 Å². The van der Waals surface area contributed by atoms with E-state index in [1.807, 2.05) is 13.8 Å². The molecule has 0 bridgehead atoms. The molecule has 20 heavy (non-hydrogen) atoms. The Morgan fingerprint density at radius 1 is 1.30 bits per heavy atom. The molecule has 6 nitrogen and oxygen atoms in total. The van der Waals surface area contributed by atoms with Gasteiger partial charge in [0.1, 0.15) is 6.04 Å². The van der Waals surface area contributed by atoms with Crippen LogP contribution in [-0.2, 0) is 4.79 Å². The van der Waals surface area contributed by atoms with Crippen LogP contribution in [0.4, 0.5) is 5.69 Å². The minimum Gasteiger partial charge on any atom is -0.387 e. The quantitative estimate of drug-likeness (QED) is 0.725. The van der Waals surface area contributed by atoms with Gasteiger partial charge in [-0.25, -0.2) is 0 Å².